The van der Waals surface area contributed by atoms with Crippen LogP contribution >= 0.6 is 0 Å². The molecule has 158 valence electrons. The average Bonchev–Trinajstić information content (AvgIpc) is 2.94. The number of nitrogens with zero attached hydrogens (tertiary/aromatic N) is 4. The van der Waals surface area contributed by atoms with Gasteiger partial charge in [0, 0.05) is 39.4 Å². The van der Waals surface area contributed by atoms with Gasteiger partial charge in [0.05, 0.1) is 6.42 Å². The molecule has 1 amide bonds. The minimum atomic E-state index is -3.66. The van der Waals surface area contributed by atoms with Crippen molar-refractivity contribution in [2.75, 3.05) is 26.2 Å². The number of aryl methyl sites for hydroxylation is 2. The van der Waals surface area contributed by atoms with E-state index in [2.05, 4.69) is 4.98 Å². The fourth-order valence-corrected chi connectivity index (χ4v) is 5.38. The second-order valence-corrected chi connectivity index (χ2v) is 9.58. The quantitative estimate of drug-likeness (QED) is 0.642. The maximum Gasteiger partial charge on any atom is 0.262 e. The summed E-state index contributed by atoms with van der Waals surface area (Å²) in [5.74, 6) is 0.676. The van der Waals surface area contributed by atoms with Gasteiger partial charge in [-0.25, -0.2) is 13.4 Å². The fourth-order valence-electron chi connectivity index (χ4n) is 3.89. The second-order valence-electron chi connectivity index (χ2n) is 7.69. The Bertz CT molecular complexity index is 1160. The van der Waals surface area contributed by atoms with Crippen LogP contribution in [0, 0.1) is 6.92 Å². The first-order valence-electron chi connectivity index (χ1n) is 10.1. The van der Waals surface area contributed by atoms with Gasteiger partial charge in [-0.1, -0.05) is 42.5 Å². The molecule has 1 aliphatic heterocycles. The zero-order valence-electron chi connectivity index (χ0n) is 17.3. The van der Waals surface area contributed by atoms with Crippen molar-refractivity contribution in [2.24, 2.45) is 7.05 Å². The number of hydrogen-bond acceptors (Lipinski definition) is 4. The molecule has 2 aromatic carbocycles. The minimum Gasteiger partial charge on any atom is -0.341 e. The Hall–Kier alpha value is -2.71. The first kappa shape index (κ1) is 20.6. The molecule has 1 fully saturated rings. The highest BCUT2D eigenvalue weighted by Crippen LogP contribution is 2.21. The van der Waals surface area contributed by atoms with E-state index >= 15 is 0 Å². The predicted octanol–water partition coefficient (Wildman–Crippen LogP) is 2.35. The van der Waals surface area contributed by atoms with E-state index in [0.29, 0.717) is 38.3 Å². The van der Waals surface area contributed by atoms with E-state index in [1.165, 1.54) is 4.31 Å². The summed E-state index contributed by atoms with van der Waals surface area (Å²) in [6, 6.07) is 14.0. The Kier molecular flexibility index (Phi) is 5.62. The highest BCUT2D eigenvalue weighted by molar-refractivity contribution is 7.89. The summed E-state index contributed by atoms with van der Waals surface area (Å²) in [5.41, 5.74) is 0.996. The third kappa shape index (κ3) is 3.97. The van der Waals surface area contributed by atoms with Gasteiger partial charge in [-0.2, -0.15) is 4.31 Å². The lowest BCUT2D eigenvalue weighted by Gasteiger charge is -2.22. The molecule has 0 radical (unpaired) electrons. The van der Waals surface area contributed by atoms with Gasteiger partial charge >= 0.3 is 0 Å². The number of carbonyl (C=O) groups is 1. The van der Waals surface area contributed by atoms with E-state index < -0.39 is 10.0 Å². The Morgan fingerprint density at radius 1 is 1.03 bits per heavy atom. The molecule has 0 atom stereocenters. The van der Waals surface area contributed by atoms with Crippen molar-refractivity contribution in [1.29, 1.82) is 0 Å². The van der Waals surface area contributed by atoms with Gasteiger partial charge in [-0.05, 0) is 29.7 Å². The van der Waals surface area contributed by atoms with Gasteiger partial charge in [0.2, 0.25) is 5.91 Å². The zero-order valence-corrected chi connectivity index (χ0v) is 18.1. The third-order valence-corrected chi connectivity index (χ3v) is 7.49. The van der Waals surface area contributed by atoms with E-state index in [4.69, 9.17) is 0 Å². The normalized spacial score (nSPS) is 16.0. The average molecular weight is 427 g/mol. The molecule has 2 heterocycles. The molecule has 0 bridgehead atoms. The molecule has 3 aromatic rings. The summed E-state index contributed by atoms with van der Waals surface area (Å²) in [6.07, 6.45) is 2.46. The summed E-state index contributed by atoms with van der Waals surface area (Å²) in [6.45, 7) is 3.37. The van der Waals surface area contributed by atoms with Crippen LogP contribution < -0.4 is 0 Å². The Morgan fingerprint density at radius 2 is 1.80 bits per heavy atom. The highest BCUT2D eigenvalue weighted by atomic mass is 32.2. The molecule has 0 unspecified atom stereocenters. The number of amides is 1. The number of rotatable bonds is 4. The number of fused-ring (bicyclic) bond motifs is 1. The molecule has 0 aliphatic carbocycles. The molecular weight excluding hydrogens is 400 g/mol. The summed E-state index contributed by atoms with van der Waals surface area (Å²) < 4.78 is 29.1. The van der Waals surface area contributed by atoms with Crippen molar-refractivity contribution >= 4 is 26.7 Å². The highest BCUT2D eigenvalue weighted by Gasteiger charge is 2.30. The van der Waals surface area contributed by atoms with Gasteiger partial charge in [0.15, 0.2) is 5.03 Å². The van der Waals surface area contributed by atoms with Crippen molar-refractivity contribution in [3.8, 4) is 0 Å². The number of carbonyl (C=O) groups excluding carboxylic acids is 1. The standard InChI is InChI=1S/C22H26N4O3S/c1-17-23-21(16-24(17)2)30(28,29)26-12-6-11-25(13-14-26)22(27)15-19-9-5-8-18-7-3-4-10-20(18)19/h3-5,7-10,16H,6,11-15H2,1-2H3. The number of sulfonamides is 1. The maximum absolute atomic E-state index is 13.0. The smallest absolute Gasteiger partial charge is 0.262 e. The molecule has 1 saturated heterocycles. The summed E-state index contributed by atoms with van der Waals surface area (Å²) in [4.78, 5) is 18.9. The SMILES string of the molecule is Cc1nc(S(=O)(=O)N2CCCN(C(=O)Cc3cccc4ccccc34)CC2)cn1C. The van der Waals surface area contributed by atoms with Crippen LogP contribution in [-0.2, 0) is 28.3 Å². The van der Waals surface area contributed by atoms with E-state index in [9.17, 15) is 13.2 Å². The molecule has 1 aromatic heterocycles. The molecular formula is C22H26N4O3S. The largest absolute Gasteiger partial charge is 0.341 e. The van der Waals surface area contributed by atoms with Crippen LogP contribution in [0.1, 0.15) is 17.8 Å². The van der Waals surface area contributed by atoms with E-state index in [1.807, 2.05) is 42.5 Å². The van der Waals surface area contributed by atoms with Crippen LogP contribution in [-0.4, -0.2) is 59.3 Å². The van der Waals surface area contributed by atoms with Gasteiger partial charge in [0.1, 0.15) is 5.82 Å². The van der Waals surface area contributed by atoms with Crippen LogP contribution in [0.4, 0.5) is 0 Å². The Labute approximate surface area is 177 Å². The maximum atomic E-state index is 13.0. The lowest BCUT2D eigenvalue weighted by Crippen LogP contribution is -2.38. The minimum absolute atomic E-state index is 0.0271. The Morgan fingerprint density at radius 3 is 2.57 bits per heavy atom. The van der Waals surface area contributed by atoms with Crippen LogP contribution in [0.5, 0.6) is 0 Å². The van der Waals surface area contributed by atoms with Crippen molar-refractivity contribution in [3.63, 3.8) is 0 Å². The van der Waals surface area contributed by atoms with Gasteiger partial charge in [-0.15, -0.1) is 0 Å². The fraction of sp³-hybridized carbons (Fsp3) is 0.364. The topological polar surface area (TPSA) is 75.5 Å². The molecule has 0 saturated carbocycles. The van der Waals surface area contributed by atoms with Crippen LogP contribution in [0.25, 0.3) is 10.8 Å². The number of aromatic nitrogens is 2. The van der Waals surface area contributed by atoms with Crippen LogP contribution in [0.15, 0.2) is 53.7 Å². The summed E-state index contributed by atoms with van der Waals surface area (Å²) >= 11 is 0. The molecule has 1 aliphatic rings. The number of hydrogen-bond donors (Lipinski definition) is 0. The summed E-state index contributed by atoms with van der Waals surface area (Å²) in [5, 5.41) is 2.26. The van der Waals surface area contributed by atoms with E-state index in [1.54, 1.807) is 29.6 Å². The van der Waals surface area contributed by atoms with Gasteiger partial charge in [-0.3, -0.25) is 4.79 Å². The van der Waals surface area contributed by atoms with Crippen molar-refractivity contribution < 1.29 is 13.2 Å². The molecule has 30 heavy (non-hydrogen) atoms. The van der Waals surface area contributed by atoms with Crippen molar-refractivity contribution in [2.45, 2.75) is 24.8 Å². The van der Waals surface area contributed by atoms with Crippen LogP contribution in [0.3, 0.4) is 0 Å². The monoisotopic (exact) mass is 426 g/mol. The molecule has 7 nitrogen and oxygen atoms in total. The third-order valence-electron chi connectivity index (χ3n) is 5.72. The molecule has 4 rings (SSSR count). The first-order chi connectivity index (χ1) is 14.4. The molecule has 0 spiro atoms. The molecule has 0 N–H and O–H groups in total. The Balaban J connectivity index is 1.47. The van der Waals surface area contributed by atoms with Crippen molar-refractivity contribution in [1.82, 2.24) is 18.8 Å². The van der Waals surface area contributed by atoms with Gasteiger partial charge < -0.3 is 9.47 Å². The predicted molar refractivity (Wildman–Crippen MR) is 116 cm³/mol. The first-order valence-corrected chi connectivity index (χ1v) is 11.5. The lowest BCUT2D eigenvalue weighted by atomic mass is 10.0. The zero-order chi connectivity index (χ0) is 21.3. The lowest BCUT2D eigenvalue weighted by molar-refractivity contribution is -0.130. The summed E-state index contributed by atoms with van der Waals surface area (Å²) in [7, 11) is -1.89. The van der Waals surface area contributed by atoms with Gasteiger partial charge in [0.25, 0.3) is 10.0 Å². The van der Waals surface area contributed by atoms with Crippen molar-refractivity contribution in [3.05, 3.63) is 60.0 Å². The number of benzene rings is 2. The molecule has 8 heteroatoms. The number of imidazole rings is 1. The second kappa shape index (κ2) is 8.20. The van der Waals surface area contributed by atoms with E-state index in [-0.39, 0.29) is 17.5 Å². The van der Waals surface area contributed by atoms with Crippen LogP contribution in [0.2, 0.25) is 0 Å². The van der Waals surface area contributed by atoms with E-state index in [0.717, 1.165) is 16.3 Å².